The van der Waals surface area contributed by atoms with Gasteiger partial charge in [-0.1, -0.05) is 13.8 Å². The molecule has 0 aliphatic heterocycles. The molecule has 2 aromatic heterocycles. The summed E-state index contributed by atoms with van der Waals surface area (Å²) in [5, 5.41) is 0.899. The molecule has 5 nitrogen and oxygen atoms in total. The number of nitrogens with zero attached hydrogens (tertiary/aromatic N) is 2. The maximum absolute atomic E-state index is 12.0. The Morgan fingerprint density at radius 1 is 1.40 bits per heavy atom. The first-order chi connectivity index (χ1) is 9.47. The van der Waals surface area contributed by atoms with Gasteiger partial charge in [-0.15, -0.1) is 0 Å². The number of fused-ring (bicyclic) bond motifs is 1. The molecule has 2 rings (SSSR count). The monoisotopic (exact) mass is 275 g/mol. The minimum atomic E-state index is -0.0288. The van der Waals surface area contributed by atoms with Crippen molar-refractivity contribution in [1.29, 1.82) is 0 Å². The van der Waals surface area contributed by atoms with Gasteiger partial charge < -0.3 is 14.6 Å². The van der Waals surface area contributed by atoms with Crippen LogP contribution in [0.1, 0.15) is 24.3 Å². The number of Topliss-reactive ketones (excluding diaryl/α,β-unsaturated/α-hetero) is 1. The molecule has 0 amide bonds. The molecule has 108 valence electrons. The van der Waals surface area contributed by atoms with Crippen LogP contribution in [-0.2, 0) is 0 Å². The van der Waals surface area contributed by atoms with Crippen molar-refractivity contribution in [3.05, 3.63) is 24.0 Å². The van der Waals surface area contributed by atoms with Crippen molar-refractivity contribution in [1.82, 2.24) is 14.9 Å². The fraction of sp³-hybridized carbons (Fsp3) is 0.467. The number of carbonyl (C=O) groups excluding carboxylic acids is 1. The number of aromatic amines is 1. The predicted molar refractivity (Wildman–Crippen MR) is 79.3 cm³/mol. The molecular weight excluding hydrogens is 254 g/mol. The van der Waals surface area contributed by atoms with Crippen molar-refractivity contribution < 1.29 is 9.53 Å². The van der Waals surface area contributed by atoms with Gasteiger partial charge in [0, 0.05) is 17.8 Å². The maximum Gasteiger partial charge on any atom is 0.181 e. The van der Waals surface area contributed by atoms with Crippen LogP contribution in [0.4, 0.5) is 0 Å². The summed E-state index contributed by atoms with van der Waals surface area (Å²) in [5.41, 5.74) is 1.32. The zero-order valence-corrected chi connectivity index (χ0v) is 12.4. The highest BCUT2D eigenvalue weighted by atomic mass is 16.5. The molecule has 0 radical (unpaired) electrons. The SMILES string of the molecule is CC(C)C(=O)c1cc2cc(OCCN(C)C)cnc2[nH]1. The number of carbonyl (C=O) groups is 1. The number of likely N-dealkylation sites (N-methyl/N-ethyl adjacent to an activating group) is 1. The Morgan fingerprint density at radius 3 is 2.80 bits per heavy atom. The summed E-state index contributed by atoms with van der Waals surface area (Å²) in [5.74, 6) is 0.791. The quantitative estimate of drug-likeness (QED) is 0.822. The second-order valence-corrected chi connectivity index (χ2v) is 5.46. The summed E-state index contributed by atoms with van der Waals surface area (Å²) in [6.45, 7) is 5.23. The van der Waals surface area contributed by atoms with E-state index >= 15 is 0 Å². The van der Waals surface area contributed by atoms with Crippen LogP contribution in [0.5, 0.6) is 5.75 Å². The van der Waals surface area contributed by atoms with E-state index in [0.717, 1.165) is 17.7 Å². The summed E-state index contributed by atoms with van der Waals surface area (Å²) < 4.78 is 5.64. The lowest BCUT2D eigenvalue weighted by molar-refractivity contribution is 0.0935. The highest BCUT2D eigenvalue weighted by Crippen LogP contribution is 2.20. The van der Waals surface area contributed by atoms with Gasteiger partial charge in [-0.3, -0.25) is 4.79 Å². The number of ether oxygens (including phenoxy) is 1. The van der Waals surface area contributed by atoms with Crippen LogP contribution < -0.4 is 4.74 Å². The third kappa shape index (κ3) is 3.36. The molecule has 0 aromatic carbocycles. The molecule has 0 spiro atoms. The van der Waals surface area contributed by atoms with Gasteiger partial charge in [0.15, 0.2) is 5.78 Å². The van der Waals surface area contributed by atoms with E-state index in [9.17, 15) is 4.79 Å². The average Bonchev–Trinajstić information content (AvgIpc) is 2.80. The van der Waals surface area contributed by atoms with Gasteiger partial charge in [-0.2, -0.15) is 0 Å². The van der Waals surface area contributed by atoms with E-state index in [1.165, 1.54) is 0 Å². The van der Waals surface area contributed by atoms with E-state index in [1.54, 1.807) is 6.20 Å². The molecule has 0 unspecified atom stereocenters. The van der Waals surface area contributed by atoms with Crippen molar-refractivity contribution in [2.75, 3.05) is 27.2 Å². The summed E-state index contributed by atoms with van der Waals surface area (Å²) >= 11 is 0. The minimum absolute atomic E-state index is 0.0288. The first-order valence-corrected chi connectivity index (χ1v) is 6.78. The Morgan fingerprint density at radius 2 is 2.15 bits per heavy atom. The maximum atomic E-state index is 12.0. The standard InChI is InChI=1S/C15H21N3O2/c1-10(2)14(19)13-8-11-7-12(9-16-15(11)17-13)20-6-5-18(3)4/h7-10H,5-6H2,1-4H3,(H,16,17). The number of aromatic nitrogens is 2. The molecule has 0 saturated heterocycles. The number of H-pyrrole nitrogens is 1. The largest absolute Gasteiger partial charge is 0.491 e. The highest BCUT2D eigenvalue weighted by molar-refractivity contribution is 5.99. The van der Waals surface area contributed by atoms with Crippen LogP contribution in [0.3, 0.4) is 0 Å². The van der Waals surface area contributed by atoms with Crippen LogP contribution in [0, 0.1) is 5.92 Å². The van der Waals surface area contributed by atoms with Crippen molar-refractivity contribution in [3.8, 4) is 5.75 Å². The van der Waals surface area contributed by atoms with E-state index in [2.05, 4.69) is 14.9 Å². The van der Waals surface area contributed by atoms with Crippen molar-refractivity contribution in [2.24, 2.45) is 5.92 Å². The van der Waals surface area contributed by atoms with Crippen molar-refractivity contribution in [2.45, 2.75) is 13.8 Å². The van der Waals surface area contributed by atoms with Gasteiger partial charge in [0.1, 0.15) is 18.0 Å². The number of hydrogen-bond acceptors (Lipinski definition) is 4. The molecule has 20 heavy (non-hydrogen) atoms. The summed E-state index contributed by atoms with van der Waals surface area (Å²) in [6.07, 6.45) is 1.68. The molecule has 0 saturated carbocycles. The van der Waals surface area contributed by atoms with Gasteiger partial charge in [0.2, 0.25) is 0 Å². The van der Waals surface area contributed by atoms with Crippen LogP contribution in [0.25, 0.3) is 11.0 Å². The second kappa shape index (κ2) is 6.05. The van der Waals surface area contributed by atoms with Crippen LogP contribution in [0.2, 0.25) is 0 Å². The number of nitrogens with one attached hydrogen (secondary N) is 1. The Labute approximate surface area is 118 Å². The molecule has 0 aliphatic rings. The second-order valence-electron chi connectivity index (χ2n) is 5.46. The molecule has 0 bridgehead atoms. The third-order valence-electron chi connectivity index (χ3n) is 3.04. The molecule has 2 heterocycles. The van der Waals surface area contributed by atoms with Crippen molar-refractivity contribution >= 4 is 16.8 Å². The van der Waals surface area contributed by atoms with Crippen LogP contribution >= 0.6 is 0 Å². The summed E-state index contributed by atoms with van der Waals surface area (Å²) in [6, 6.07) is 3.75. The third-order valence-corrected chi connectivity index (χ3v) is 3.04. The van der Waals surface area contributed by atoms with Gasteiger partial charge in [0.05, 0.1) is 11.9 Å². The van der Waals surface area contributed by atoms with E-state index in [0.29, 0.717) is 17.9 Å². The summed E-state index contributed by atoms with van der Waals surface area (Å²) in [7, 11) is 4.00. The van der Waals surface area contributed by atoms with Gasteiger partial charge in [-0.25, -0.2) is 4.98 Å². The Balaban J connectivity index is 2.15. The van der Waals surface area contributed by atoms with E-state index < -0.39 is 0 Å². The number of hydrogen-bond donors (Lipinski definition) is 1. The van der Waals surface area contributed by atoms with E-state index in [1.807, 2.05) is 40.1 Å². The van der Waals surface area contributed by atoms with Gasteiger partial charge in [0.25, 0.3) is 0 Å². The molecule has 0 atom stereocenters. The number of pyridine rings is 1. The molecule has 5 heteroatoms. The Bertz CT molecular complexity index is 602. The molecule has 1 N–H and O–H groups in total. The highest BCUT2D eigenvalue weighted by Gasteiger charge is 2.14. The fourth-order valence-electron chi connectivity index (χ4n) is 1.86. The normalized spacial score (nSPS) is 11.5. The first kappa shape index (κ1) is 14.5. The lowest BCUT2D eigenvalue weighted by Gasteiger charge is -2.10. The zero-order chi connectivity index (χ0) is 14.7. The fourth-order valence-corrected chi connectivity index (χ4v) is 1.86. The van der Waals surface area contributed by atoms with Gasteiger partial charge >= 0.3 is 0 Å². The topological polar surface area (TPSA) is 58.2 Å². The molecule has 0 aliphatic carbocycles. The molecule has 0 fully saturated rings. The van der Waals surface area contributed by atoms with E-state index in [4.69, 9.17) is 4.74 Å². The zero-order valence-electron chi connectivity index (χ0n) is 12.4. The average molecular weight is 275 g/mol. The number of rotatable bonds is 6. The molecular formula is C15H21N3O2. The minimum Gasteiger partial charge on any atom is -0.491 e. The summed E-state index contributed by atoms with van der Waals surface area (Å²) in [4.78, 5) is 21.4. The Kier molecular flexibility index (Phi) is 4.39. The van der Waals surface area contributed by atoms with Gasteiger partial charge in [-0.05, 0) is 26.2 Å². The van der Waals surface area contributed by atoms with Crippen LogP contribution in [0.15, 0.2) is 18.3 Å². The van der Waals surface area contributed by atoms with Crippen LogP contribution in [-0.4, -0.2) is 47.9 Å². The number of ketones is 1. The predicted octanol–water partition coefficient (Wildman–Crippen LogP) is 2.34. The van der Waals surface area contributed by atoms with E-state index in [-0.39, 0.29) is 11.7 Å². The molecule has 2 aromatic rings. The smallest absolute Gasteiger partial charge is 0.181 e. The lowest BCUT2D eigenvalue weighted by Crippen LogP contribution is -2.19. The Hall–Kier alpha value is -1.88. The van der Waals surface area contributed by atoms with Crippen molar-refractivity contribution in [3.63, 3.8) is 0 Å². The lowest BCUT2D eigenvalue weighted by atomic mass is 10.1. The first-order valence-electron chi connectivity index (χ1n) is 6.78.